The van der Waals surface area contributed by atoms with E-state index in [9.17, 15) is 0 Å². The molecule has 5 nitrogen and oxygen atoms in total. The van der Waals surface area contributed by atoms with Gasteiger partial charge in [-0.15, -0.1) is 0 Å². The van der Waals surface area contributed by atoms with Crippen LogP contribution in [0.1, 0.15) is 0 Å². The molecule has 0 radical (unpaired) electrons. The third-order valence-electron chi connectivity index (χ3n) is 4.31. The molecule has 2 heterocycles. The molecule has 140 valence electrons. The van der Waals surface area contributed by atoms with Gasteiger partial charge in [0.25, 0.3) is 0 Å². The monoisotopic (exact) mass is 393 g/mol. The van der Waals surface area contributed by atoms with E-state index in [4.69, 9.17) is 30.5 Å². The van der Waals surface area contributed by atoms with Crippen LogP contribution in [0.2, 0.25) is 5.02 Å². The minimum absolute atomic E-state index is 0.620. The molecule has 6 heteroatoms. The molecule has 2 aromatic heterocycles. The number of hydrogen-bond acceptors (Lipinski definition) is 4. The highest BCUT2D eigenvalue weighted by Gasteiger charge is 2.13. The van der Waals surface area contributed by atoms with Crippen molar-refractivity contribution >= 4 is 28.4 Å². The zero-order valence-corrected chi connectivity index (χ0v) is 16.2. The quantitative estimate of drug-likeness (QED) is 0.499. The largest absolute Gasteiger partial charge is 0.493 e. The van der Waals surface area contributed by atoms with E-state index >= 15 is 0 Å². The van der Waals surface area contributed by atoms with Gasteiger partial charge < -0.3 is 13.9 Å². The lowest BCUT2D eigenvalue weighted by Gasteiger charge is -2.09. The number of halogens is 1. The van der Waals surface area contributed by atoms with Gasteiger partial charge in [0.05, 0.1) is 25.8 Å². The number of H-pyrrole nitrogens is 1. The van der Waals surface area contributed by atoms with E-state index < -0.39 is 0 Å². The van der Waals surface area contributed by atoms with Crippen molar-refractivity contribution in [3.63, 3.8) is 0 Å². The van der Waals surface area contributed by atoms with Crippen LogP contribution in [0.4, 0.5) is 5.82 Å². The molecule has 0 atom stereocenters. The van der Waals surface area contributed by atoms with Crippen molar-refractivity contribution in [1.29, 1.82) is 0 Å². The Bertz CT molecular complexity index is 1200. The fourth-order valence-corrected chi connectivity index (χ4v) is 3.12. The Hall–Kier alpha value is -3.31. The smallest absolute Gasteiger partial charge is 0.321 e. The summed E-state index contributed by atoms with van der Waals surface area (Å²) >= 11 is 6.20. The van der Waals surface area contributed by atoms with Crippen molar-refractivity contribution < 1.29 is 18.9 Å². The second kappa shape index (κ2) is 7.74. The average Bonchev–Trinajstić information content (AvgIpc) is 2.74. The maximum atomic E-state index is 6.20. The van der Waals surface area contributed by atoms with Gasteiger partial charge in [0.1, 0.15) is 11.3 Å². The van der Waals surface area contributed by atoms with Crippen LogP contribution in [-0.4, -0.2) is 14.2 Å². The van der Waals surface area contributed by atoms with Gasteiger partial charge in [0.2, 0.25) is 0 Å². The van der Waals surface area contributed by atoms with Crippen LogP contribution < -0.4 is 19.8 Å². The second-order valence-corrected chi connectivity index (χ2v) is 6.50. The van der Waals surface area contributed by atoms with E-state index in [1.165, 1.54) is 0 Å². The van der Waals surface area contributed by atoms with Crippen LogP contribution in [0.3, 0.4) is 0 Å². The Kier molecular flexibility index (Phi) is 5.00. The molecule has 0 bridgehead atoms. The molecule has 1 N–H and O–H groups in total. The first-order valence-corrected chi connectivity index (χ1v) is 9.03. The molecule has 0 spiro atoms. The lowest BCUT2D eigenvalue weighted by molar-refractivity contribution is -0.362. The summed E-state index contributed by atoms with van der Waals surface area (Å²) in [7, 11) is 3.21. The van der Waals surface area contributed by atoms with Crippen LogP contribution in [0.25, 0.3) is 22.3 Å². The third-order valence-corrected chi connectivity index (χ3v) is 4.54. The van der Waals surface area contributed by atoms with Crippen LogP contribution in [-0.2, 0) is 0 Å². The van der Waals surface area contributed by atoms with Crippen molar-refractivity contribution in [3.8, 4) is 22.8 Å². The van der Waals surface area contributed by atoms with E-state index in [2.05, 4.69) is 4.98 Å². The van der Waals surface area contributed by atoms with Crippen LogP contribution >= 0.6 is 11.6 Å². The predicted molar refractivity (Wildman–Crippen MR) is 108 cm³/mol. The van der Waals surface area contributed by atoms with Gasteiger partial charge >= 0.3 is 5.82 Å². The highest BCUT2D eigenvalue weighted by molar-refractivity contribution is 6.31. The van der Waals surface area contributed by atoms with Gasteiger partial charge in [-0.1, -0.05) is 17.7 Å². The molecule has 0 saturated heterocycles. The molecule has 0 unspecified atom stereocenters. The van der Waals surface area contributed by atoms with Crippen molar-refractivity contribution in [2.24, 2.45) is 4.99 Å². The van der Waals surface area contributed by atoms with Crippen molar-refractivity contribution in [1.82, 2.24) is 0 Å². The number of nitrogens with one attached hydrogen (secondary N) is 1. The number of ether oxygens (including phenoxy) is 2. The molecule has 0 fully saturated rings. The SMILES string of the molecule is COc1ccc(-c2cc(=Nc3cccc[nH+]3)c3cc(Cl)ccc3o2)cc1OC. The summed E-state index contributed by atoms with van der Waals surface area (Å²) < 4.78 is 16.9. The number of hydrogen-bond donors (Lipinski definition) is 0. The van der Waals surface area contributed by atoms with E-state index in [1.54, 1.807) is 20.3 Å². The van der Waals surface area contributed by atoms with E-state index in [0.717, 1.165) is 22.1 Å². The molecule has 4 aromatic rings. The molecule has 4 rings (SSSR count). The summed E-state index contributed by atoms with van der Waals surface area (Å²) in [4.78, 5) is 7.86. The fourth-order valence-electron chi connectivity index (χ4n) is 2.95. The third kappa shape index (κ3) is 3.57. The standard InChI is InChI=1S/C22H17ClN2O3/c1-26-19-8-6-14(11-21(19)27-2)20-13-17(25-22-5-3-4-10-24-22)16-12-15(23)7-9-18(16)28-20/h3-13H,1-2H3/p+1. The van der Waals surface area contributed by atoms with Gasteiger partial charge in [0.15, 0.2) is 16.9 Å². The van der Waals surface area contributed by atoms with Crippen molar-refractivity contribution in [2.75, 3.05) is 14.2 Å². The lowest BCUT2D eigenvalue weighted by atomic mass is 10.1. The maximum absolute atomic E-state index is 6.20. The Labute approximate surface area is 166 Å². The Morgan fingerprint density at radius 1 is 0.929 bits per heavy atom. The molecular formula is C22H18ClN2O3+. The molecule has 28 heavy (non-hydrogen) atoms. The number of methoxy groups -OCH3 is 2. The van der Waals surface area contributed by atoms with Crippen molar-refractivity contribution in [3.05, 3.63) is 77.2 Å². The molecular weight excluding hydrogens is 376 g/mol. The first kappa shape index (κ1) is 18.1. The summed E-state index contributed by atoms with van der Waals surface area (Å²) in [5.74, 6) is 2.67. The average molecular weight is 394 g/mol. The van der Waals surface area contributed by atoms with E-state index in [1.807, 2.05) is 60.8 Å². The molecule has 0 amide bonds. The van der Waals surface area contributed by atoms with Gasteiger partial charge in [-0.3, -0.25) is 0 Å². The lowest BCUT2D eigenvalue weighted by Crippen LogP contribution is -2.07. The van der Waals surface area contributed by atoms with Crippen LogP contribution in [0.5, 0.6) is 11.5 Å². The topological polar surface area (TPSA) is 58.1 Å². The fraction of sp³-hybridized carbons (Fsp3) is 0.0909. The number of benzene rings is 2. The summed E-state index contributed by atoms with van der Waals surface area (Å²) in [6.07, 6.45) is 1.83. The number of fused-ring (bicyclic) bond motifs is 1. The molecule has 0 aliphatic heterocycles. The van der Waals surface area contributed by atoms with Gasteiger partial charge in [-0.05, 0) is 47.5 Å². The molecule has 2 aromatic carbocycles. The number of rotatable bonds is 4. The maximum Gasteiger partial charge on any atom is 0.321 e. The molecule has 0 saturated carbocycles. The predicted octanol–water partition coefficient (Wildman–Crippen LogP) is 4.82. The normalized spacial score (nSPS) is 11.6. The van der Waals surface area contributed by atoms with E-state index in [-0.39, 0.29) is 0 Å². The summed E-state index contributed by atoms with van der Waals surface area (Å²) in [6.45, 7) is 0. The molecule has 0 aliphatic rings. The first-order chi connectivity index (χ1) is 13.7. The van der Waals surface area contributed by atoms with Crippen LogP contribution in [0.15, 0.2) is 76.3 Å². The molecule has 0 aliphatic carbocycles. The zero-order valence-electron chi connectivity index (χ0n) is 15.4. The highest BCUT2D eigenvalue weighted by Crippen LogP contribution is 2.33. The van der Waals surface area contributed by atoms with Gasteiger partial charge in [-0.25, -0.2) is 4.98 Å². The minimum atomic E-state index is 0.620. The van der Waals surface area contributed by atoms with Gasteiger partial charge in [-0.2, -0.15) is 0 Å². The minimum Gasteiger partial charge on any atom is -0.493 e. The van der Waals surface area contributed by atoms with Gasteiger partial charge in [0, 0.05) is 22.7 Å². The Morgan fingerprint density at radius 2 is 1.79 bits per heavy atom. The number of aromatic nitrogens is 1. The summed E-state index contributed by atoms with van der Waals surface area (Å²) in [6, 6.07) is 18.7. The number of nitrogens with zero attached hydrogens (tertiary/aromatic N) is 1. The first-order valence-electron chi connectivity index (χ1n) is 8.65. The zero-order chi connectivity index (χ0) is 19.5. The second-order valence-electron chi connectivity index (χ2n) is 6.07. The Balaban J connectivity index is 1.96. The van der Waals surface area contributed by atoms with Crippen LogP contribution in [0, 0.1) is 0 Å². The number of aromatic amines is 1. The highest BCUT2D eigenvalue weighted by atomic mass is 35.5. The Morgan fingerprint density at radius 3 is 2.54 bits per heavy atom. The number of pyridine rings is 1. The van der Waals surface area contributed by atoms with E-state index in [0.29, 0.717) is 27.9 Å². The summed E-state index contributed by atoms with van der Waals surface area (Å²) in [5.41, 5.74) is 1.54. The summed E-state index contributed by atoms with van der Waals surface area (Å²) in [5, 5.41) is 2.19. The van der Waals surface area contributed by atoms with Crippen molar-refractivity contribution in [2.45, 2.75) is 0 Å².